The van der Waals surface area contributed by atoms with Crippen LogP contribution in [0.3, 0.4) is 0 Å². The van der Waals surface area contributed by atoms with Gasteiger partial charge in [-0.1, -0.05) is 0 Å². The van der Waals surface area contributed by atoms with Gasteiger partial charge in [0.05, 0.1) is 6.54 Å². The van der Waals surface area contributed by atoms with Crippen molar-refractivity contribution in [3.8, 4) is 0 Å². The van der Waals surface area contributed by atoms with E-state index in [1.807, 2.05) is 4.68 Å². The van der Waals surface area contributed by atoms with Crippen LogP contribution in [-0.2, 0) is 6.54 Å². The van der Waals surface area contributed by atoms with Crippen molar-refractivity contribution in [2.75, 3.05) is 19.6 Å². The standard InChI is InChI=1S/C11H19N5.2ClH/c1-2-11-7-15(4-3-10(1)14-11)5-6-16-9-12-8-13-16;;/h8-11,14H,1-7H2;2*1H. The molecule has 7 heteroatoms. The van der Waals surface area contributed by atoms with Gasteiger partial charge >= 0.3 is 0 Å². The Morgan fingerprint density at radius 3 is 2.72 bits per heavy atom. The molecule has 0 spiro atoms. The first-order chi connectivity index (χ1) is 7.90. The van der Waals surface area contributed by atoms with Gasteiger partial charge in [-0.25, -0.2) is 4.98 Å². The molecule has 2 fully saturated rings. The van der Waals surface area contributed by atoms with Gasteiger partial charge in [0.1, 0.15) is 12.7 Å². The molecule has 1 N–H and O–H groups in total. The molecule has 5 nitrogen and oxygen atoms in total. The van der Waals surface area contributed by atoms with Gasteiger partial charge in [0.2, 0.25) is 0 Å². The Morgan fingerprint density at radius 2 is 1.94 bits per heavy atom. The third-order valence-electron chi connectivity index (χ3n) is 3.72. The number of nitrogens with zero attached hydrogens (tertiary/aromatic N) is 4. The van der Waals surface area contributed by atoms with E-state index in [9.17, 15) is 0 Å². The summed E-state index contributed by atoms with van der Waals surface area (Å²) in [5.41, 5.74) is 0. The van der Waals surface area contributed by atoms with E-state index in [0.717, 1.165) is 25.2 Å². The minimum Gasteiger partial charge on any atom is -0.310 e. The molecular formula is C11H21Cl2N5. The van der Waals surface area contributed by atoms with Gasteiger partial charge in [-0.2, -0.15) is 5.10 Å². The van der Waals surface area contributed by atoms with E-state index in [-0.39, 0.29) is 24.8 Å². The van der Waals surface area contributed by atoms with Crippen LogP contribution in [-0.4, -0.2) is 51.4 Å². The van der Waals surface area contributed by atoms with Crippen LogP contribution in [0.15, 0.2) is 12.7 Å². The van der Waals surface area contributed by atoms with Crippen molar-refractivity contribution >= 4 is 24.8 Å². The third-order valence-corrected chi connectivity index (χ3v) is 3.72. The first kappa shape index (κ1) is 15.7. The highest BCUT2D eigenvalue weighted by Crippen LogP contribution is 2.20. The molecule has 0 aromatic carbocycles. The van der Waals surface area contributed by atoms with Gasteiger partial charge in [0, 0.05) is 25.2 Å². The van der Waals surface area contributed by atoms with Crippen LogP contribution in [0.2, 0.25) is 0 Å². The van der Waals surface area contributed by atoms with Gasteiger partial charge in [-0.05, 0) is 25.8 Å². The minimum atomic E-state index is 0. The highest BCUT2D eigenvalue weighted by Gasteiger charge is 2.28. The molecule has 2 aliphatic heterocycles. The molecule has 2 unspecified atom stereocenters. The smallest absolute Gasteiger partial charge is 0.137 e. The fourth-order valence-corrected chi connectivity index (χ4v) is 2.81. The molecule has 2 aliphatic rings. The van der Waals surface area contributed by atoms with Crippen molar-refractivity contribution in [2.45, 2.75) is 37.9 Å². The summed E-state index contributed by atoms with van der Waals surface area (Å²) in [6, 6.07) is 1.50. The van der Waals surface area contributed by atoms with E-state index in [1.165, 1.54) is 32.4 Å². The molecule has 0 radical (unpaired) electrons. The van der Waals surface area contributed by atoms with Crippen molar-refractivity contribution in [3.05, 3.63) is 12.7 Å². The Balaban J connectivity index is 0.000000810. The molecule has 18 heavy (non-hydrogen) atoms. The van der Waals surface area contributed by atoms with Crippen LogP contribution in [0.4, 0.5) is 0 Å². The predicted molar refractivity (Wildman–Crippen MR) is 75.5 cm³/mol. The van der Waals surface area contributed by atoms with Gasteiger partial charge in [-0.15, -0.1) is 24.8 Å². The second kappa shape index (κ2) is 7.28. The molecule has 2 atom stereocenters. The maximum absolute atomic E-state index is 4.14. The number of hydrogen-bond donors (Lipinski definition) is 1. The number of aromatic nitrogens is 3. The molecule has 0 amide bonds. The molecular weight excluding hydrogens is 273 g/mol. The Bertz CT molecular complexity index is 332. The quantitative estimate of drug-likeness (QED) is 0.901. The van der Waals surface area contributed by atoms with Crippen LogP contribution >= 0.6 is 24.8 Å². The lowest BCUT2D eigenvalue weighted by Crippen LogP contribution is -2.36. The van der Waals surface area contributed by atoms with E-state index < -0.39 is 0 Å². The van der Waals surface area contributed by atoms with Crippen molar-refractivity contribution in [2.24, 2.45) is 0 Å². The molecule has 3 rings (SSSR count). The highest BCUT2D eigenvalue weighted by atomic mass is 35.5. The van der Waals surface area contributed by atoms with Crippen LogP contribution in [0.5, 0.6) is 0 Å². The van der Waals surface area contributed by atoms with Crippen molar-refractivity contribution in [3.63, 3.8) is 0 Å². The molecule has 0 aliphatic carbocycles. The van der Waals surface area contributed by atoms with Crippen LogP contribution in [0, 0.1) is 0 Å². The zero-order chi connectivity index (χ0) is 10.8. The van der Waals surface area contributed by atoms with Crippen molar-refractivity contribution in [1.82, 2.24) is 25.0 Å². The predicted octanol–water partition coefficient (Wildman–Crippen LogP) is 0.948. The first-order valence-electron chi connectivity index (χ1n) is 6.21. The van der Waals surface area contributed by atoms with E-state index >= 15 is 0 Å². The molecule has 104 valence electrons. The maximum Gasteiger partial charge on any atom is 0.137 e. The monoisotopic (exact) mass is 293 g/mol. The first-order valence-corrected chi connectivity index (χ1v) is 6.21. The average Bonchev–Trinajstić information content (AvgIpc) is 2.87. The summed E-state index contributed by atoms with van der Waals surface area (Å²) in [5.74, 6) is 0. The largest absolute Gasteiger partial charge is 0.310 e. The average molecular weight is 294 g/mol. The van der Waals surface area contributed by atoms with Gasteiger partial charge < -0.3 is 5.32 Å². The summed E-state index contributed by atoms with van der Waals surface area (Å²) in [7, 11) is 0. The zero-order valence-electron chi connectivity index (χ0n) is 10.4. The normalized spacial score (nSPS) is 27.1. The zero-order valence-corrected chi connectivity index (χ0v) is 12.0. The molecule has 3 heterocycles. The lowest BCUT2D eigenvalue weighted by Gasteiger charge is -2.23. The lowest BCUT2D eigenvalue weighted by molar-refractivity contribution is 0.245. The molecule has 1 aromatic rings. The Hall–Kier alpha value is -0.360. The summed E-state index contributed by atoms with van der Waals surface area (Å²) in [6.07, 6.45) is 7.42. The van der Waals surface area contributed by atoms with Crippen LogP contribution < -0.4 is 5.32 Å². The summed E-state index contributed by atoms with van der Waals surface area (Å²) >= 11 is 0. The Morgan fingerprint density at radius 1 is 1.11 bits per heavy atom. The third kappa shape index (κ3) is 3.82. The number of hydrogen-bond acceptors (Lipinski definition) is 4. The number of halogens is 2. The lowest BCUT2D eigenvalue weighted by atomic mass is 10.1. The number of rotatable bonds is 3. The van der Waals surface area contributed by atoms with Crippen LogP contribution in [0.1, 0.15) is 19.3 Å². The summed E-state index contributed by atoms with van der Waals surface area (Å²) < 4.78 is 1.91. The second-order valence-corrected chi connectivity index (χ2v) is 4.89. The van der Waals surface area contributed by atoms with Gasteiger partial charge in [0.25, 0.3) is 0 Å². The summed E-state index contributed by atoms with van der Waals surface area (Å²) in [4.78, 5) is 6.52. The van der Waals surface area contributed by atoms with Gasteiger partial charge in [0.15, 0.2) is 0 Å². The fourth-order valence-electron chi connectivity index (χ4n) is 2.81. The van der Waals surface area contributed by atoms with Crippen molar-refractivity contribution in [1.29, 1.82) is 0 Å². The SMILES string of the molecule is Cl.Cl.c1ncn(CCN2CCC3CCC(C2)N3)n1. The van der Waals surface area contributed by atoms with E-state index in [0.29, 0.717) is 0 Å². The number of fused-ring (bicyclic) bond motifs is 2. The molecule has 2 bridgehead atoms. The second-order valence-electron chi connectivity index (χ2n) is 4.89. The molecule has 2 saturated heterocycles. The Labute approximate surface area is 120 Å². The number of nitrogens with one attached hydrogen (secondary N) is 1. The summed E-state index contributed by atoms with van der Waals surface area (Å²) in [6.45, 7) is 4.47. The summed E-state index contributed by atoms with van der Waals surface area (Å²) in [5, 5.41) is 7.83. The maximum atomic E-state index is 4.14. The minimum absolute atomic E-state index is 0. The fraction of sp³-hybridized carbons (Fsp3) is 0.818. The van der Waals surface area contributed by atoms with E-state index in [2.05, 4.69) is 20.3 Å². The van der Waals surface area contributed by atoms with E-state index in [1.54, 1.807) is 12.7 Å². The number of likely N-dealkylation sites (tertiary alicyclic amines) is 1. The highest BCUT2D eigenvalue weighted by molar-refractivity contribution is 5.85. The van der Waals surface area contributed by atoms with E-state index in [4.69, 9.17) is 0 Å². The van der Waals surface area contributed by atoms with Crippen LogP contribution in [0.25, 0.3) is 0 Å². The van der Waals surface area contributed by atoms with Crippen molar-refractivity contribution < 1.29 is 0 Å². The Kier molecular flexibility index (Phi) is 6.35. The van der Waals surface area contributed by atoms with Gasteiger partial charge in [-0.3, -0.25) is 9.58 Å². The topological polar surface area (TPSA) is 46.0 Å². The molecule has 1 aromatic heterocycles. The molecule has 0 saturated carbocycles.